The Hall–Kier alpha value is -5.80. The van der Waals surface area contributed by atoms with Crippen molar-refractivity contribution in [1.82, 2.24) is 9.97 Å². The van der Waals surface area contributed by atoms with Gasteiger partial charge in [0, 0.05) is 32.7 Å². The molecular weight excluding hydrogens is 524 g/mol. The lowest BCUT2D eigenvalue weighted by atomic mass is 9.91. The largest absolute Gasteiger partial charge is 0.436 e. The van der Waals surface area contributed by atoms with Gasteiger partial charge in [0.05, 0.1) is 11.0 Å². The van der Waals surface area contributed by atoms with E-state index in [0.29, 0.717) is 5.89 Å². The summed E-state index contributed by atoms with van der Waals surface area (Å²) in [5, 5.41) is 7.07. The van der Waals surface area contributed by atoms with Crippen molar-refractivity contribution in [3.8, 4) is 33.7 Å². The molecule has 0 aliphatic carbocycles. The molecule has 0 radical (unpaired) electrons. The van der Waals surface area contributed by atoms with Crippen LogP contribution >= 0.6 is 0 Å². The lowest BCUT2D eigenvalue weighted by Crippen LogP contribution is -1.92. The summed E-state index contributed by atoms with van der Waals surface area (Å²) in [6, 6.07) is 51.1. The van der Waals surface area contributed by atoms with Crippen LogP contribution in [0, 0.1) is 0 Å². The molecule has 0 fully saturated rings. The molecule has 2 aromatic heterocycles. The van der Waals surface area contributed by atoms with E-state index in [1.54, 1.807) is 0 Å². The third-order valence-electron chi connectivity index (χ3n) is 8.50. The fourth-order valence-corrected chi connectivity index (χ4v) is 6.35. The number of nitrogens with zero attached hydrogens (tertiary/aromatic N) is 2. The highest BCUT2D eigenvalue weighted by Crippen LogP contribution is 2.40. The fourth-order valence-electron chi connectivity index (χ4n) is 6.35. The molecule has 0 unspecified atom stereocenters. The Balaban J connectivity index is 1.18. The molecular formula is C40H24N2O. The van der Waals surface area contributed by atoms with Crippen molar-refractivity contribution in [2.45, 2.75) is 0 Å². The van der Waals surface area contributed by atoms with Crippen LogP contribution in [0.3, 0.4) is 0 Å². The van der Waals surface area contributed by atoms with Crippen LogP contribution in [0.2, 0.25) is 0 Å². The van der Waals surface area contributed by atoms with Gasteiger partial charge in [-0.05, 0) is 51.7 Å². The highest BCUT2D eigenvalue weighted by Gasteiger charge is 2.16. The average Bonchev–Trinajstić information content (AvgIpc) is 3.52. The van der Waals surface area contributed by atoms with Crippen molar-refractivity contribution in [2.24, 2.45) is 0 Å². The molecule has 0 atom stereocenters. The van der Waals surface area contributed by atoms with Crippen molar-refractivity contribution in [1.29, 1.82) is 0 Å². The molecule has 0 aliphatic rings. The third kappa shape index (κ3) is 3.83. The van der Waals surface area contributed by atoms with Crippen molar-refractivity contribution in [2.75, 3.05) is 0 Å². The zero-order chi connectivity index (χ0) is 28.3. The number of hydrogen-bond acceptors (Lipinski definition) is 3. The van der Waals surface area contributed by atoms with E-state index in [4.69, 9.17) is 9.40 Å². The van der Waals surface area contributed by atoms with E-state index in [1.165, 1.54) is 32.7 Å². The van der Waals surface area contributed by atoms with Crippen LogP contribution in [0.5, 0.6) is 0 Å². The molecule has 0 bridgehead atoms. The first kappa shape index (κ1) is 23.9. The maximum absolute atomic E-state index is 5.97. The molecule has 0 N–H and O–H groups in total. The topological polar surface area (TPSA) is 38.9 Å². The second kappa shape index (κ2) is 9.37. The predicted octanol–water partition coefficient (Wildman–Crippen LogP) is 10.8. The summed E-state index contributed by atoms with van der Waals surface area (Å²) in [4.78, 5) is 9.97. The Bertz CT molecular complexity index is 2360. The van der Waals surface area contributed by atoms with Crippen molar-refractivity contribution < 1.29 is 4.42 Å². The van der Waals surface area contributed by atoms with Crippen LogP contribution in [0.1, 0.15) is 0 Å². The zero-order valence-electron chi connectivity index (χ0n) is 23.2. The van der Waals surface area contributed by atoms with Crippen molar-refractivity contribution >= 4 is 54.5 Å². The zero-order valence-corrected chi connectivity index (χ0v) is 23.2. The lowest BCUT2D eigenvalue weighted by molar-refractivity contribution is 0.620. The molecule has 200 valence electrons. The first-order chi connectivity index (χ1) is 21.3. The number of para-hydroxylation sites is 2. The number of rotatable bonds is 3. The monoisotopic (exact) mass is 548 g/mol. The van der Waals surface area contributed by atoms with Gasteiger partial charge in [-0.2, -0.15) is 0 Å². The number of hydrogen-bond donors (Lipinski definition) is 0. The quantitative estimate of drug-likeness (QED) is 0.163. The smallest absolute Gasteiger partial charge is 0.227 e. The Morgan fingerprint density at radius 1 is 0.372 bits per heavy atom. The minimum atomic E-state index is 0.639. The van der Waals surface area contributed by atoms with Gasteiger partial charge < -0.3 is 4.42 Å². The van der Waals surface area contributed by atoms with Crippen LogP contribution < -0.4 is 0 Å². The molecule has 3 nitrogen and oxygen atoms in total. The SMILES string of the molecule is c1ccc2c(c1)ccc1c(-c3ccc(-c4ccc(-c5nc6ccccc6o5)cc4)cc3)c3ccc4ccccc4c3nc12. The third-order valence-corrected chi connectivity index (χ3v) is 8.50. The molecule has 0 saturated carbocycles. The normalized spacial score (nSPS) is 11.7. The molecule has 43 heavy (non-hydrogen) atoms. The Labute approximate surface area is 247 Å². The van der Waals surface area contributed by atoms with E-state index in [-0.39, 0.29) is 0 Å². The molecule has 3 heteroatoms. The van der Waals surface area contributed by atoms with Gasteiger partial charge in [-0.25, -0.2) is 9.97 Å². The number of fused-ring (bicyclic) bond motifs is 7. The standard InChI is InChI=1S/C40H24N2O/c1-3-9-31-27(7-1)21-23-33-37(34-24-22-28-8-2-4-10-32(28)39(34)42-38(31)33)29-17-13-25(14-18-29)26-15-19-30(20-16-26)40-41-35-11-5-6-12-36(35)43-40/h1-24H. The Morgan fingerprint density at radius 2 is 0.884 bits per heavy atom. The van der Waals surface area contributed by atoms with Gasteiger partial charge in [-0.3, -0.25) is 0 Å². The maximum Gasteiger partial charge on any atom is 0.227 e. The molecule has 9 rings (SSSR count). The number of aromatic nitrogens is 2. The Morgan fingerprint density at radius 3 is 1.49 bits per heavy atom. The van der Waals surface area contributed by atoms with Crippen LogP contribution in [0.4, 0.5) is 0 Å². The second-order valence-corrected chi connectivity index (χ2v) is 11.0. The minimum absolute atomic E-state index is 0.639. The number of pyridine rings is 1. The van der Waals surface area contributed by atoms with Gasteiger partial charge >= 0.3 is 0 Å². The van der Waals surface area contributed by atoms with E-state index in [2.05, 4.69) is 126 Å². The molecule has 0 amide bonds. The van der Waals surface area contributed by atoms with Crippen LogP contribution in [-0.2, 0) is 0 Å². The summed E-state index contributed by atoms with van der Waals surface area (Å²) < 4.78 is 5.97. The second-order valence-electron chi connectivity index (χ2n) is 11.0. The summed E-state index contributed by atoms with van der Waals surface area (Å²) in [5.41, 5.74) is 9.41. The van der Waals surface area contributed by atoms with Gasteiger partial charge in [0.1, 0.15) is 5.52 Å². The van der Waals surface area contributed by atoms with Crippen LogP contribution in [0.25, 0.3) is 88.2 Å². The highest BCUT2D eigenvalue weighted by atomic mass is 16.3. The molecule has 0 aliphatic heterocycles. The van der Waals surface area contributed by atoms with E-state index < -0.39 is 0 Å². The van der Waals surface area contributed by atoms with Gasteiger partial charge in [0.15, 0.2) is 5.58 Å². The lowest BCUT2D eigenvalue weighted by Gasteiger charge is -2.15. The first-order valence-electron chi connectivity index (χ1n) is 14.5. The van der Waals surface area contributed by atoms with Gasteiger partial charge in [0.25, 0.3) is 0 Å². The van der Waals surface area contributed by atoms with Crippen LogP contribution in [0.15, 0.2) is 150 Å². The average molecular weight is 549 g/mol. The predicted molar refractivity (Wildman–Crippen MR) is 178 cm³/mol. The van der Waals surface area contributed by atoms with Gasteiger partial charge in [-0.15, -0.1) is 0 Å². The summed E-state index contributed by atoms with van der Waals surface area (Å²) >= 11 is 0. The van der Waals surface area contributed by atoms with Crippen LogP contribution in [-0.4, -0.2) is 9.97 Å². The summed E-state index contributed by atoms with van der Waals surface area (Å²) in [6.07, 6.45) is 0. The fraction of sp³-hybridized carbons (Fsp3) is 0. The number of oxazole rings is 1. The summed E-state index contributed by atoms with van der Waals surface area (Å²) in [6.45, 7) is 0. The number of benzene rings is 7. The molecule has 7 aromatic carbocycles. The van der Waals surface area contributed by atoms with Gasteiger partial charge in [0.2, 0.25) is 5.89 Å². The Kier molecular flexibility index (Phi) is 5.20. The maximum atomic E-state index is 5.97. The molecule has 9 aromatic rings. The summed E-state index contributed by atoms with van der Waals surface area (Å²) in [7, 11) is 0. The summed E-state index contributed by atoms with van der Waals surface area (Å²) in [5.74, 6) is 0.639. The van der Waals surface area contributed by atoms with Gasteiger partial charge in [-0.1, -0.05) is 121 Å². The molecule has 0 saturated heterocycles. The van der Waals surface area contributed by atoms with E-state index in [1.807, 2.05) is 24.3 Å². The van der Waals surface area contributed by atoms with Crippen molar-refractivity contribution in [3.05, 3.63) is 146 Å². The molecule has 2 heterocycles. The van der Waals surface area contributed by atoms with E-state index >= 15 is 0 Å². The van der Waals surface area contributed by atoms with E-state index in [9.17, 15) is 0 Å². The van der Waals surface area contributed by atoms with Crippen molar-refractivity contribution in [3.63, 3.8) is 0 Å². The first-order valence-corrected chi connectivity index (χ1v) is 14.5. The molecule has 0 spiro atoms. The highest BCUT2D eigenvalue weighted by molar-refractivity contribution is 6.21. The minimum Gasteiger partial charge on any atom is -0.436 e. The van der Waals surface area contributed by atoms with E-state index in [0.717, 1.165) is 49.6 Å².